The van der Waals surface area contributed by atoms with Gasteiger partial charge >= 0.3 is 5.97 Å². The second-order valence-electron chi connectivity index (χ2n) is 17.6. The summed E-state index contributed by atoms with van der Waals surface area (Å²) in [5, 5.41) is 2.52. The smallest absolute Gasteiger partial charge is 0.330 e. The van der Waals surface area contributed by atoms with Crippen LogP contribution in [0.1, 0.15) is 102 Å². The summed E-state index contributed by atoms with van der Waals surface area (Å²) in [6, 6.07) is 22.0. The van der Waals surface area contributed by atoms with Crippen LogP contribution in [0.3, 0.4) is 0 Å². The van der Waals surface area contributed by atoms with Gasteiger partial charge in [0.05, 0.1) is 7.11 Å². The van der Waals surface area contributed by atoms with Crippen molar-refractivity contribution in [2.45, 2.75) is 130 Å². The number of hydrogen-bond donors (Lipinski definition) is 0. The molecule has 0 spiro atoms. The van der Waals surface area contributed by atoms with Crippen LogP contribution in [0, 0.1) is 35.5 Å². The molecule has 2 aliphatic carbocycles. The second kappa shape index (κ2) is 16.1. The van der Waals surface area contributed by atoms with E-state index in [0.717, 1.165) is 18.4 Å². The van der Waals surface area contributed by atoms with E-state index in [4.69, 9.17) is 13.6 Å². The summed E-state index contributed by atoms with van der Waals surface area (Å²) in [5.41, 5.74) is 2.79. The van der Waals surface area contributed by atoms with Gasteiger partial charge in [0.15, 0.2) is 0 Å². The summed E-state index contributed by atoms with van der Waals surface area (Å²) < 4.78 is 20.7. The number of esters is 1. The van der Waals surface area contributed by atoms with E-state index in [1.54, 1.807) is 6.08 Å². The van der Waals surface area contributed by atoms with Crippen molar-refractivity contribution in [3.63, 3.8) is 0 Å². The molecule has 272 valence electrons. The highest BCUT2D eigenvalue weighted by Gasteiger charge is 2.56. The minimum atomic E-state index is -2.77. The summed E-state index contributed by atoms with van der Waals surface area (Å²) in [5.74, 6) is 2.06. The fourth-order valence-corrected chi connectivity index (χ4v) is 21.2. The van der Waals surface area contributed by atoms with Crippen molar-refractivity contribution < 1.29 is 18.4 Å². The molecule has 4 rings (SSSR count). The molecule has 0 heterocycles. The number of hydrogen-bond acceptors (Lipinski definition) is 4. The highest BCUT2D eigenvalue weighted by atomic mass is 28.4. The Labute approximate surface area is 302 Å². The zero-order valence-corrected chi connectivity index (χ0v) is 35.1. The van der Waals surface area contributed by atoms with Gasteiger partial charge in [-0.15, -0.1) is 0 Å². The average molecular weight is 705 g/mol. The number of allylic oxidation sites excluding steroid dienone is 1. The third-order valence-corrected chi connectivity index (χ3v) is 23.9. The van der Waals surface area contributed by atoms with E-state index in [2.05, 4.69) is 144 Å². The Bertz CT molecular complexity index is 1320. The lowest BCUT2D eigenvalue weighted by atomic mass is 9.53. The predicted molar refractivity (Wildman–Crippen MR) is 211 cm³/mol. The first kappa shape index (κ1) is 39.8. The number of carbonyl (C=O) groups excluding carboxylic acids is 1. The second-order valence-corrected chi connectivity index (χ2v) is 27.3. The van der Waals surface area contributed by atoms with E-state index in [9.17, 15) is 4.79 Å². The Hall–Kier alpha value is -2.00. The van der Waals surface area contributed by atoms with E-state index in [1.165, 1.54) is 23.9 Å². The molecule has 1 unspecified atom stereocenters. The van der Waals surface area contributed by atoms with Crippen LogP contribution >= 0.6 is 0 Å². The molecule has 7 atom stereocenters. The lowest BCUT2D eigenvalue weighted by Gasteiger charge is -2.57. The first-order chi connectivity index (χ1) is 23.0. The van der Waals surface area contributed by atoms with Crippen LogP contribution in [0.4, 0.5) is 0 Å². The maximum Gasteiger partial charge on any atom is 0.330 e. The van der Waals surface area contributed by atoms with Gasteiger partial charge < -0.3 is 13.6 Å². The molecule has 2 fully saturated rings. The Balaban J connectivity index is 1.86. The number of benzene rings is 2. The van der Waals surface area contributed by atoms with Crippen LogP contribution in [0.15, 0.2) is 72.3 Å². The quantitative estimate of drug-likeness (QED) is 0.125. The molecule has 0 aromatic heterocycles. The summed E-state index contributed by atoms with van der Waals surface area (Å²) in [6.07, 6.45) is 5.45. The average Bonchev–Trinajstić information content (AvgIpc) is 3.04. The molecule has 0 N–H and O–H groups in total. The third-order valence-electron chi connectivity index (χ3n) is 12.8. The van der Waals surface area contributed by atoms with Gasteiger partial charge in [0.25, 0.3) is 8.32 Å². The van der Waals surface area contributed by atoms with Crippen molar-refractivity contribution >= 4 is 33.0 Å². The van der Waals surface area contributed by atoms with Gasteiger partial charge in [-0.05, 0) is 93.7 Å². The Kier molecular flexibility index (Phi) is 13.1. The lowest BCUT2D eigenvalue weighted by molar-refractivity contribution is -0.135. The molecule has 0 bridgehead atoms. The molecule has 2 aromatic rings. The Morgan fingerprint density at radius 2 is 1.35 bits per heavy atom. The van der Waals surface area contributed by atoms with E-state index in [0.29, 0.717) is 46.9 Å². The van der Waals surface area contributed by atoms with Crippen molar-refractivity contribution in [2.24, 2.45) is 35.5 Å². The molecule has 49 heavy (non-hydrogen) atoms. The van der Waals surface area contributed by atoms with Crippen molar-refractivity contribution in [2.75, 3.05) is 13.7 Å². The van der Waals surface area contributed by atoms with Gasteiger partial charge in [-0.1, -0.05) is 142 Å². The number of carbonyl (C=O) groups is 1. The van der Waals surface area contributed by atoms with Crippen molar-refractivity contribution in [3.8, 4) is 0 Å². The Morgan fingerprint density at radius 3 is 1.80 bits per heavy atom. The monoisotopic (exact) mass is 704 g/mol. The van der Waals surface area contributed by atoms with Gasteiger partial charge in [0.1, 0.15) is 0 Å². The zero-order chi connectivity index (χ0) is 36.3. The van der Waals surface area contributed by atoms with Gasteiger partial charge in [-0.2, -0.15) is 0 Å². The first-order valence-corrected chi connectivity index (χ1v) is 23.3. The van der Waals surface area contributed by atoms with Gasteiger partial charge in [-0.25, -0.2) is 4.79 Å². The summed E-state index contributed by atoms with van der Waals surface area (Å²) in [4.78, 5) is 12.7. The molecular weight excluding hydrogens is 637 g/mol. The molecule has 2 aromatic carbocycles. The maximum absolute atomic E-state index is 12.7. The van der Waals surface area contributed by atoms with E-state index in [1.807, 2.05) is 0 Å². The topological polar surface area (TPSA) is 44.8 Å². The maximum atomic E-state index is 12.7. The summed E-state index contributed by atoms with van der Waals surface area (Å²) in [6.45, 7) is 29.3. The fourth-order valence-electron chi connectivity index (χ4n) is 10.9. The van der Waals surface area contributed by atoms with E-state index in [-0.39, 0.29) is 28.9 Å². The van der Waals surface area contributed by atoms with E-state index >= 15 is 0 Å². The minimum Gasteiger partial charge on any atom is -0.466 e. The van der Waals surface area contributed by atoms with Gasteiger partial charge in [-0.3, -0.25) is 0 Å². The minimum absolute atomic E-state index is 0.109. The Morgan fingerprint density at radius 1 is 0.837 bits per heavy atom. The van der Waals surface area contributed by atoms with Crippen LogP contribution in [0.2, 0.25) is 21.7 Å². The number of methoxy groups -OCH3 is 1. The highest BCUT2D eigenvalue weighted by molar-refractivity contribution is 6.99. The fraction of sp³-hybridized carbons (Fsp3) is 0.651. The van der Waals surface area contributed by atoms with Gasteiger partial charge in [0.2, 0.25) is 8.32 Å². The van der Waals surface area contributed by atoms with Crippen LogP contribution < -0.4 is 10.4 Å². The van der Waals surface area contributed by atoms with Crippen LogP contribution in [0.5, 0.6) is 0 Å². The molecule has 0 amide bonds. The first-order valence-electron chi connectivity index (χ1n) is 19.2. The zero-order valence-electron chi connectivity index (χ0n) is 33.1. The molecule has 2 aliphatic rings. The standard InChI is InChI=1S/C43H68O4Si2/c1-29(2)48(30(3)4,31(5)6)47-39-25-24-32(7)42-37(39)26-33(8)41(34(9)27-40(44)45-13)38(42)28-46-49(43(10,11)12,35-20-16-14-17-21-35)36-22-18-15-19-23-36/h14-23,27,29-33,37-39,41-42H,24-26,28H2,1-13H3/t32-,33-,37-,38+,39-,41?,42+/m0/s1. The van der Waals surface area contributed by atoms with Crippen molar-refractivity contribution in [3.05, 3.63) is 72.3 Å². The van der Waals surface area contributed by atoms with Crippen molar-refractivity contribution in [1.82, 2.24) is 0 Å². The number of fused-ring (bicyclic) bond motifs is 1. The molecule has 0 radical (unpaired) electrons. The molecular formula is C43H68O4Si2. The van der Waals surface area contributed by atoms with Crippen molar-refractivity contribution in [1.29, 1.82) is 0 Å². The normalized spacial score (nSPS) is 27.0. The highest BCUT2D eigenvalue weighted by Crippen LogP contribution is 2.56. The molecule has 0 saturated heterocycles. The SMILES string of the molecule is COC(=O)C=C(C)C1[C@@H](CO[Si](c2ccccc2)(c2ccccc2)C(C)(C)C)[C@H]2[C@@H](C[C@@H]1C)[C@@H](O[Si](C(C)C)(C(C)C)C(C)C)CC[C@@H]2C. The predicted octanol–water partition coefficient (Wildman–Crippen LogP) is 10.2. The number of ether oxygens (including phenoxy) is 1. The number of rotatable bonds is 12. The molecule has 0 aliphatic heterocycles. The largest absolute Gasteiger partial charge is 0.466 e. The molecule has 6 heteroatoms. The van der Waals surface area contributed by atoms with Gasteiger partial charge in [0, 0.05) is 18.8 Å². The molecule has 4 nitrogen and oxygen atoms in total. The third kappa shape index (κ3) is 7.78. The molecule has 2 saturated carbocycles. The van der Waals surface area contributed by atoms with Crippen LogP contribution in [0.25, 0.3) is 0 Å². The lowest BCUT2D eigenvalue weighted by Crippen LogP contribution is -2.67. The van der Waals surface area contributed by atoms with Crippen LogP contribution in [-0.2, 0) is 18.4 Å². The van der Waals surface area contributed by atoms with E-state index < -0.39 is 16.6 Å². The summed E-state index contributed by atoms with van der Waals surface area (Å²) >= 11 is 0. The van der Waals surface area contributed by atoms with Crippen LogP contribution in [-0.4, -0.2) is 42.4 Å². The summed E-state index contributed by atoms with van der Waals surface area (Å²) in [7, 11) is -3.37.